The number of hydrogen-bond donors (Lipinski definition) is 0. The van der Waals surface area contributed by atoms with Gasteiger partial charge in [0, 0.05) is 36.3 Å². The SMILES string of the molecule is C1CCC2C(C1)N2P(N1C2CCCCC21)N1C2CCCCC21. The first-order valence-corrected chi connectivity index (χ1v) is 11.3. The summed E-state index contributed by atoms with van der Waals surface area (Å²) >= 11 is 0. The fraction of sp³-hybridized carbons (Fsp3) is 1.00. The third-order valence-electron chi connectivity index (χ3n) is 7.47. The highest BCUT2D eigenvalue weighted by Crippen LogP contribution is 2.73. The van der Waals surface area contributed by atoms with Crippen molar-refractivity contribution in [3.05, 3.63) is 0 Å². The molecule has 6 rings (SSSR count). The highest BCUT2D eigenvalue weighted by molar-refractivity contribution is 7.51. The molecule has 0 spiro atoms. The van der Waals surface area contributed by atoms with Gasteiger partial charge in [0.15, 0.2) is 0 Å². The predicted octanol–water partition coefficient (Wildman–Crippen LogP) is 4.09. The van der Waals surface area contributed by atoms with Gasteiger partial charge in [0.05, 0.1) is 0 Å². The van der Waals surface area contributed by atoms with Gasteiger partial charge >= 0.3 is 0 Å². The van der Waals surface area contributed by atoms with Crippen LogP contribution in [0.3, 0.4) is 0 Å². The summed E-state index contributed by atoms with van der Waals surface area (Å²) in [5, 5.41) is 0. The second-order valence-corrected chi connectivity index (χ2v) is 10.6. The van der Waals surface area contributed by atoms with Gasteiger partial charge in [-0.15, -0.1) is 0 Å². The van der Waals surface area contributed by atoms with Gasteiger partial charge in [0.25, 0.3) is 0 Å². The predicted molar refractivity (Wildman–Crippen MR) is 90.6 cm³/mol. The summed E-state index contributed by atoms with van der Waals surface area (Å²) in [5.74, 6) is 0. The van der Waals surface area contributed by atoms with E-state index in [1.165, 1.54) is 77.0 Å². The van der Waals surface area contributed by atoms with Crippen LogP contribution in [0, 0.1) is 0 Å². The molecule has 6 unspecified atom stereocenters. The van der Waals surface area contributed by atoms with Crippen molar-refractivity contribution >= 4 is 8.37 Å². The van der Waals surface area contributed by atoms with E-state index in [4.69, 9.17) is 0 Å². The second kappa shape index (κ2) is 4.91. The van der Waals surface area contributed by atoms with Crippen LogP contribution in [0.5, 0.6) is 0 Å². The van der Waals surface area contributed by atoms with Crippen LogP contribution in [-0.4, -0.2) is 50.3 Å². The maximum atomic E-state index is 3.04. The first-order valence-electron chi connectivity index (χ1n) is 10.1. The van der Waals surface area contributed by atoms with Crippen LogP contribution in [0.25, 0.3) is 0 Å². The molecule has 0 aromatic rings. The van der Waals surface area contributed by atoms with Crippen LogP contribution < -0.4 is 0 Å². The Labute approximate surface area is 136 Å². The van der Waals surface area contributed by atoms with E-state index >= 15 is 0 Å². The Morgan fingerprint density at radius 1 is 0.409 bits per heavy atom. The van der Waals surface area contributed by atoms with E-state index in [0.29, 0.717) is 0 Å². The maximum absolute atomic E-state index is 3.04. The van der Waals surface area contributed by atoms with Crippen molar-refractivity contribution < 1.29 is 0 Å². The molecule has 0 aromatic carbocycles. The Kier molecular flexibility index (Phi) is 3.03. The minimum absolute atomic E-state index is 0.0552. The van der Waals surface area contributed by atoms with E-state index in [1.807, 2.05) is 0 Å². The molecule has 4 heteroatoms. The first kappa shape index (κ1) is 13.6. The Morgan fingerprint density at radius 3 is 0.864 bits per heavy atom. The van der Waals surface area contributed by atoms with Crippen LogP contribution in [0.1, 0.15) is 77.0 Å². The quantitative estimate of drug-likeness (QED) is 0.572. The lowest BCUT2D eigenvalue weighted by Crippen LogP contribution is -2.14. The second-order valence-electron chi connectivity index (χ2n) is 8.67. The number of fused-ring (bicyclic) bond motifs is 3. The molecule has 0 N–H and O–H groups in total. The molecule has 6 fully saturated rings. The molecule has 3 aliphatic carbocycles. The molecular formula is C18H30N3P. The van der Waals surface area contributed by atoms with Gasteiger partial charge in [-0.05, 0) is 38.5 Å². The Morgan fingerprint density at radius 2 is 0.636 bits per heavy atom. The van der Waals surface area contributed by atoms with Crippen LogP contribution >= 0.6 is 8.37 Å². The number of rotatable bonds is 3. The van der Waals surface area contributed by atoms with Crippen molar-refractivity contribution in [1.82, 2.24) is 14.0 Å². The largest absolute Gasteiger partial charge is 0.248 e. The molecule has 3 aliphatic heterocycles. The standard InChI is InChI=1S/C18H30N3P/c1-2-8-14-13(7-1)19(14)22(20-15-9-3-4-10-16(15)20)21-17-11-5-6-12-18(17)21/h13-18H,1-12H2. The highest BCUT2D eigenvalue weighted by atomic mass is 31.2. The first-order chi connectivity index (χ1) is 10.9. The average Bonchev–Trinajstić information content (AvgIpc) is 3.49. The summed E-state index contributed by atoms with van der Waals surface area (Å²) in [5.41, 5.74) is 0. The molecule has 6 aliphatic rings. The molecule has 3 saturated carbocycles. The smallest absolute Gasteiger partial charge is 0.122 e. The molecular weight excluding hydrogens is 289 g/mol. The van der Waals surface area contributed by atoms with Gasteiger partial charge in [0.1, 0.15) is 8.37 Å². The van der Waals surface area contributed by atoms with Gasteiger partial charge in [-0.25, -0.2) is 14.0 Å². The molecule has 3 heterocycles. The van der Waals surface area contributed by atoms with Gasteiger partial charge in [0.2, 0.25) is 0 Å². The van der Waals surface area contributed by atoms with E-state index in [2.05, 4.69) is 14.0 Å². The van der Waals surface area contributed by atoms with Crippen molar-refractivity contribution in [2.75, 3.05) is 0 Å². The van der Waals surface area contributed by atoms with E-state index in [-0.39, 0.29) is 8.37 Å². The lowest BCUT2D eigenvalue weighted by molar-refractivity contribution is 0.571. The summed E-state index contributed by atoms with van der Waals surface area (Å²) in [4.78, 5) is 0. The maximum Gasteiger partial charge on any atom is 0.122 e. The summed E-state index contributed by atoms with van der Waals surface area (Å²) in [6.45, 7) is 0. The van der Waals surface area contributed by atoms with Crippen molar-refractivity contribution in [3.63, 3.8) is 0 Å². The molecule has 0 aromatic heterocycles. The fourth-order valence-corrected chi connectivity index (χ4v) is 9.93. The van der Waals surface area contributed by atoms with Gasteiger partial charge in [-0.2, -0.15) is 0 Å². The minimum Gasteiger partial charge on any atom is -0.248 e. The van der Waals surface area contributed by atoms with E-state index in [0.717, 1.165) is 36.3 Å². The zero-order valence-corrected chi connectivity index (χ0v) is 14.6. The average molecular weight is 319 g/mol. The Bertz CT molecular complexity index is 369. The monoisotopic (exact) mass is 319 g/mol. The molecule has 0 bridgehead atoms. The number of nitrogens with zero attached hydrogens (tertiary/aromatic N) is 3. The van der Waals surface area contributed by atoms with Crippen molar-refractivity contribution in [2.24, 2.45) is 0 Å². The van der Waals surface area contributed by atoms with Crippen LogP contribution in [0.4, 0.5) is 0 Å². The third kappa shape index (κ3) is 1.89. The highest BCUT2D eigenvalue weighted by Gasteiger charge is 2.68. The summed E-state index contributed by atoms with van der Waals surface area (Å²) in [6, 6.07) is 5.95. The molecule has 0 radical (unpaired) electrons. The van der Waals surface area contributed by atoms with E-state index in [9.17, 15) is 0 Å². The van der Waals surface area contributed by atoms with Gasteiger partial charge in [-0.3, -0.25) is 0 Å². The lowest BCUT2D eigenvalue weighted by atomic mass is 10.0. The zero-order chi connectivity index (χ0) is 14.3. The summed E-state index contributed by atoms with van der Waals surface area (Å²) < 4.78 is 9.12. The topological polar surface area (TPSA) is 9.03 Å². The van der Waals surface area contributed by atoms with E-state index < -0.39 is 0 Å². The summed E-state index contributed by atoms with van der Waals surface area (Å²) in [6.07, 6.45) is 18.1. The molecule has 0 amide bonds. The molecule has 22 heavy (non-hydrogen) atoms. The number of hydrogen-bond acceptors (Lipinski definition) is 3. The third-order valence-corrected chi connectivity index (χ3v) is 10.5. The Hall–Kier alpha value is 0.310. The fourth-order valence-electron chi connectivity index (χ4n) is 6.18. The van der Waals surface area contributed by atoms with Crippen molar-refractivity contribution in [1.29, 1.82) is 0 Å². The summed E-state index contributed by atoms with van der Waals surface area (Å²) in [7, 11) is -0.0552. The molecule has 122 valence electrons. The van der Waals surface area contributed by atoms with Crippen molar-refractivity contribution in [2.45, 2.75) is 113 Å². The minimum atomic E-state index is -0.0552. The van der Waals surface area contributed by atoms with Crippen LogP contribution in [0.2, 0.25) is 0 Å². The molecule has 6 atom stereocenters. The Balaban J connectivity index is 1.27. The normalized spacial score (nSPS) is 59.7. The van der Waals surface area contributed by atoms with Crippen LogP contribution in [0.15, 0.2) is 0 Å². The van der Waals surface area contributed by atoms with E-state index in [1.54, 1.807) is 0 Å². The van der Waals surface area contributed by atoms with Crippen LogP contribution in [-0.2, 0) is 0 Å². The molecule has 3 saturated heterocycles. The van der Waals surface area contributed by atoms with Crippen molar-refractivity contribution in [3.8, 4) is 0 Å². The van der Waals surface area contributed by atoms with Gasteiger partial charge in [-0.1, -0.05) is 38.5 Å². The zero-order valence-electron chi connectivity index (χ0n) is 13.7. The molecule has 3 nitrogen and oxygen atoms in total. The van der Waals surface area contributed by atoms with Gasteiger partial charge < -0.3 is 0 Å². The lowest BCUT2D eigenvalue weighted by Gasteiger charge is -2.24.